The lowest BCUT2D eigenvalue weighted by Crippen LogP contribution is -2.36. The van der Waals surface area contributed by atoms with Crippen molar-refractivity contribution >= 4 is 17.6 Å². The monoisotopic (exact) mass is 252 g/mol. The van der Waals surface area contributed by atoms with Crippen molar-refractivity contribution in [3.05, 3.63) is 24.2 Å². The normalized spacial score (nSPS) is 18.1. The predicted octanol–water partition coefficient (Wildman–Crippen LogP) is 0.467. The molecule has 0 saturated heterocycles. The first kappa shape index (κ1) is 12.2. The van der Waals surface area contributed by atoms with Crippen LogP contribution in [0, 0.1) is 0 Å². The smallest absolute Gasteiger partial charge is 0.353 e. The van der Waals surface area contributed by atoms with Gasteiger partial charge >= 0.3 is 5.97 Å². The van der Waals surface area contributed by atoms with Crippen LogP contribution in [0.2, 0.25) is 0 Å². The van der Waals surface area contributed by atoms with E-state index in [0.717, 1.165) is 5.56 Å². The van der Waals surface area contributed by atoms with Gasteiger partial charge in [0.1, 0.15) is 0 Å². The fourth-order valence-corrected chi connectivity index (χ4v) is 1.62. The van der Waals surface area contributed by atoms with E-state index in [1.54, 1.807) is 19.4 Å². The van der Waals surface area contributed by atoms with Crippen LogP contribution in [-0.4, -0.2) is 40.7 Å². The molecule has 1 unspecified atom stereocenters. The van der Waals surface area contributed by atoms with Crippen molar-refractivity contribution in [3.63, 3.8) is 0 Å². The molecule has 1 aliphatic heterocycles. The van der Waals surface area contributed by atoms with Crippen LogP contribution in [0.25, 0.3) is 0 Å². The van der Waals surface area contributed by atoms with Gasteiger partial charge in [-0.1, -0.05) is 5.16 Å². The molecule has 1 aromatic heterocycles. The van der Waals surface area contributed by atoms with E-state index >= 15 is 0 Å². The van der Waals surface area contributed by atoms with E-state index in [4.69, 9.17) is 14.4 Å². The van der Waals surface area contributed by atoms with Gasteiger partial charge in [-0.15, -0.1) is 0 Å². The number of aliphatic carboxylic acids is 1. The van der Waals surface area contributed by atoms with Crippen LogP contribution < -0.4 is 0 Å². The average Bonchev–Trinajstić information content (AvgIpc) is 2.98. The molecule has 0 fully saturated rings. The number of hydrogen-bond acceptors (Lipinski definition) is 5. The molecule has 0 spiro atoms. The Labute approximate surface area is 103 Å². The largest absolute Gasteiger partial charge is 0.477 e. The number of nitrogens with zero attached hydrogens (tertiary/aromatic N) is 2. The number of carbonyl (C=O) groups excluding carboxylic acids is 1. The van der Waals surface area contributed by atoms with Crippen LogP contribution in [0.1, 0.15) is 12.0 Å². The molecule has 1 N–H and O–H groups in total. The van der Waals surface area contributed by atoms with E-state index in [1.165, 1.54) is 11.2 Å². The highest BCUT2D eigenvalue weighted by molar-refractivity contribution is 6.36. The molecule has 1 aromatic rings. The summed E-state index contributed by atoms with van der Waals surface area (Å²) in [4.78, 5) is 28.9. The molecule has 18 heavy (non-hydrogen) atoms. The number of furan rings is 1. The summed E-state index contributed by atoms with van der Waals surface area (Å²) in [5.41, 5.74) is 0.716. The Hall–Kier alpha value is -2.31. The molecule has 7 heteroatoms. The summed E-state index contributed by atoms with van der Waals surface area (Å²) in [7, 11) is 1.61. The third kappa shape index (κ3) is 2.50. The molecule has 1 amide bonds. The standard InChI is InChI=1S/C11H12N2O5/c1-13(5-7-2-3-17-6-7)10(14)9-4-8(11(15)16)12-18-9/h2-3,6,9H,4-5H2,1H3,(H,15,16). The highest BCUT2D eigenvalue weighted by Gasteiger charge is 2.33. The summed E-state index contributed by atoms with van der Waals surface area (Å²) in [5, 5.41) is 12.1. The van der Waals surface area contributed by atoms with E-state index in [-0.39, 0.29) is 18.0 Å². The molecule has 0 saturated carbocycles. The molecule has 7 nitrogen and oxygen atoms in total. The topological polar surface area (TPSA) is 92.3 Å². The number of carboxylic acid groups (broad SMARTS) is 1. The lowest BCUT2D eigenvalue weighted by Gasteiger charge is -2.18. The Morgan fingerprint density at radius 2 is 2.39 bits per heavy atom. The first-order valence-corrected chi connectivity index (χ1v) is 5.30. The van der Waals surface area contributed by atoms with Crippen LogP contribution in [0.15, 0.2) is 28.2 Å². The Balaban J connectivity index is 1.91. The third-order valence-electron chi connectivity index (χ3n) is 2.57. The summed E-state index contributed by atoms with van der Waals surface area (Å²) < 4.78 is 4.90. The summed E-state index contributed by atoms with van der Waals surface area (Å²) in [6.07, 6.45) is 2.20. The Bertz CT molecular complexity index is 480. The molecule has 0 bridgehead atoms. The van der Waals surface area contributed by atoms with Crippen molar-refractivity contribution in [3.8, 4) is 0 Å². The minimum atomic E-state index is -1.16. The van der Waals surface area contributed by atoms with Crippen LogP contribution in [-0.2, 0) is 21.0 Å². The number of carboxylic acids is 1. The zero-order valence-electron chi connectivity index (χ0n) is 9.70. The van der Waals surface area contributed by atoms with E-state index in [0.29, 0.717) is 6.54 Å². The van der Waals surface area contributed by atoms with Gasteiger partial charge < -0.3 is 19.3 Å². The van der Waals surface area contributed by atoms with Crippen molar-refractivity contribution < 1.29 is 24.0 Å². The Kier molecular flexibility index (Phi) is 3.31. The second-order valence-electron chi connectivity index (χ2n) is 3.97. The van der Waals surface area contributed by atoms with Crippen LogP contribution in [0.5, 0.6) is 0 Å². The summed E-state index contributed by atoms with van der Waals surface area (Å²) in [6, 6.07) is 1.75. The number of amides is 1. The molecule has 0 aromatic carbocycles. The molecule has 96 valence electrons. The maximum Gasteiger partial charge on any atom is 0.353 e. The number of oxime groups is 1. The minimum absolute atomic E-state index is 0.0100. The quantitative estimate of drug-likeness (QED) is 0.840. The van der Waals surface area contributed by atoms with Gasteiger partial charge in [0.15, 0.2) is 5.71 Å². The molecule has 2 heterocycles. The first-order chi connectivity index (χ1) is 8.58. The van der Waals surface area contributed by atoms with Gasteiger partial charge in [-0.25, -0.2) is 4.79 Å². The average molecular weight is 252 g/mol. The molecule has 0 radical (unpaired) electrons. The van der Waals surface area contributed by atoms with Gasteiger partial charge in [0.2, 0.25) is 6.10 Å². The molecule has 1 aliphatic rings. The van der Waals surface area contributed by atoms with Gasteiger partial charge in [0.05, 0.1) is 12.5 Å². The minimum Gasteiger partial charge on any atom is -0.477 e. The van der Waals surface area contributed by atoms with E-state index in [2.05, 4.69) is 5.16 Å². The van der Waals surface area contributed by atoms with Crippen LogP contribution in [0.3, 0.4) is 0 Å². The first-order valence-electron chi connectivity index (χ1n) is 5.30. The summed E-state index contributed by atoms with van der Waals surface area (Å²) in [5.74, 6) is -1.47. The summed E-state index contributed by atoms with van der Waals surface area (Å²) in [6.45, 7) is 0.373. The zero-order chi connectivity index (χ0) is 13.1. The zero-order valence-corrected chi connectivity index (χ0v) is 9.70. The van der Waals surface area contributed by atoms with E-state index in [9.17, 15) is 9.59 Å². The van der Waals surface area contributed by atoms with Crippen molar-refractivity contribution in [2.75, 3.05) is 7.05 Å². The Morgan fingerprint density at radius 3 is 2.94 bits per heavy atom. The maximum absolute atomic E-state index is 11.9. The van der Waals surface area contributed by atoms with Gasteiger partial charge in [-0.2, -0.15) is 0 Å². The number of likely N-dealkylation sites (N-methyl/N-ethyl adjacent to an activating group) is 1. The SMILES string of the molecule is CN(Cc1ccoc1)C(=O)C1CC(C(=O)O)=NO1. The fourth-order valence-electron chi connectivity index (χ4n) is 1.62. The molecule has 2 rings (SSSR count). The number of carbonyl (C=O) groups is 2. The van der Waals surface area contributed by atoms with Gasteiger partial charge in [-0.3, -0.25) is 4.79 Å². The fraction of sp³-hybridized carbons (Fsp3) is 0.364. The third-order valence-corrected chi connectivity index (χ3v) is 2.57. The molecular weight excluding hydrogens is 240 g/mol. The lowest BCUT2D eigenvalue weighted by molar-refractivity contribution is -0.141. The van der Waals surface area contributed by atoms with Crippen molar-refractivity contribution in [1.82, 2.24) is 4.90 Å². The maximum atomic E-state index is 11.9. The van der Waals surface area contributed by atoms with Crippen LogP contribution in [0.4, 0.5) is 0 Å². The summed E-state index contributed by atoms with van der Waals surface area (Å²) >= 11 is 0. The van der Waals surface area contributed by atoms with Crippen molar-refractivity contribution in [1.29, 1.82) is 0 Å². The van der Waals surface area contributed by atoms with Crippen LogP contribution >= 0.6 is 0 Å². The second-order valence-corrected chi connectivity index (χ2v) is 3.97. The van der Waals surface area contributed by atoms with Gasteiger partial charge in [-0.05, 0) is 6.07 Å². The highest BCUT2D eigenvalue weighted by Crippen LogP contribution is 2.14. The van der Waals surface area contributed by atoms with Crippen molar-refractivity contribution in [2.45, 2.75) is 19.1 Å². The Morgan fingerprint density at radius 1 is 1.61 bits per heavy atom. The molecule has 0 aliphatic carbocycles. The van der Waals surface area contributed by atoms with Gasteiger partial charge in [0, 0.05) is 25.6 Å². The predicted molar refractivity (Wildman–Crippen MR) is 59.7 cm³/mol. The second kappa shape index (κ2) is 4.91. The van der Waals surface area contributed by atoms with E-state index < -0.39 is 12.1 Å². The molecular formula is C11H12N2O5. The lowest BCUT2D eigenvalue weighted by atomic mass is 10.1. The highest BCUT2D eigenvalue weighted by atomic mass is 16.6. The number of hydrogen-bond donors (Lipinski definition) is 1. The van der Waals surface area contributed by atoms with Gasteiger partial charge in [0.25, 0.3) is 5.91 Å². The number of rotatable bonds is 4. The van der Waals surface area contributed by atoms with E-state index in [1.807, 2.05) is 0 Å². The molecule has 1 atom stereocenters. The van der Waals surface area contributed by atoms with Crippen molar-refractivity contribution in [2.24, 2.45) is 5.16 Å².